The average Bonchev–Trinajstić information content (AvgIpc) is 3.09. The van der Waals surface area contributed by atoms with Crippen molar-refractivity contribution in [3.8, 4) is 17.1 Å². The molecule has 0 atom stereocenters. The number of oxazole rings is 1. The Morgan fingerprint density at radius 1 is 1.24 bits per heavy atom. The summed E-state index contributed by atoms with van der Waals surface area (Å²) < 4.78 is 23.9. The SMILES string of the molecule is COc1ccc(-c2cnc(CCC(=O)Nc3cccc(F)c3)o2)cc1. The molecule has 0 saturated carbocycles. The van der Waals surface area contributed by atoms with Gasteiger partial charge in [-0.05, 0) is 42.5 Å². The molecule has 0 fully saturated rings. The van der Waals surface area contributed by atoms with Gasteiger partial charge in [-0.15, -0.1) is 0 Å². The Hall–Kier alpha value is -3.15. The minimum absolute atomic E-state index is 0.194. The molecule has 2 aromatic carbocycles. The van der Waals surface area contributed by atoms with Crippen LogP contribution in [0.5, 0.6) is 5.75 Å². The van der Waals surface area contributed by atoms with Gasteiger partial charge < -0.3 is 14.5 Å². The van der Waals surface area contributed by atoms with Gasteiger partial charge in [-0.1, -0.05) is 6.07 Å². The summed E-state index contributed by atoms with van der Waals surface area (Å²) in [5, 5.41) is 2.64. The number of aryl methyl sites for hydroxylation is 1. The molecule has 25 heavy (non-hydrogen) atoms. The summed E-state index contributed by atoms with van der Waals surface area (Å²) in [4.78, 5) is 16.1. The van der Waals surface area contributed by atoms with Crippen LogP contribution in [0.2, 0.25) is 0 Å². The molecule has 0 radical (unpaired) electrons. The topological polar surface area (TPSA) is 64.4 Å². The molecular formula is C19H17FN2O3. The molecule has 0 aliphatic rings. The average molecular weight is 340 g/mol. The van der Waals surface area contributed by atoms with Crippen molar-refractivity contribution in [2.24, 2.45) is 0 Å². The number of hydrogen-bond donors (Lipinski definition) is 1. The molecule has 3 aromatic rings. The Balaban J connectivity index is 1.56. The van der Waals surface area contributed by atoms with Crippen molar-refractivity contribution in [1.82, 2.24) is 4.98 Å². The Bertz CT molecular complexity index is 859. The lowest BCUT2D eigenvalue weighted by Crippen LogP contribution is -2.12. The fraction of sp³-hybridized carbons (Fsp3) is 0.158. The van der Waals surface area contributed by atoms with Crippen molar-refractivity contribution in [3.05, 3.63) is 66.4 Å². The molecule has 0 spiro atoms. The second-order valence-electron chi connectivity index (χ2n) is 5.41. The fourth-order valence-corrected chi connectivity index (χ4v) is 2.32. The van der Waals surface area contributed by atoms with E-state index in [1.807, 2.05) is 24.3 Å². The van der Waals surface area contributed by atoms with E-state index >= 15 is 0 Å². The van der Waals surface area contributed by atoms with Crippen molar-refractivity contribution in [3.63, 3.8) is 0 Å². The van der Waals surface area contributed by atoms with E-state index in [1.54, 1.807) is 25.4 Å². The highest BCUT2D eigenvalue weighted by Crippen LogP contribution is 2.23. The third-order valence-corrected chi connectivity index (χ3v) is 3.60. The van der Waals surface area contributed by atoms with Crippen LogP contribution in [0.1, 0.15) is 12.3 Å². The van der Waals surface area contributed by atoms with Gasteiger partial charge in [0.05, 0.1) is 13.3 Å². The molecular weight excluding hydrogens is 323 g/mol. The van der Waals surface area contributed by atoms with E-state index in [-0.39, 0.29) is 12.3 Å². The third-order valence-electron chi connectivity index (χ3n) is 3.60. The Labute approximate surface area is 144 Å². The number of nitrogens with zero attached hydrogens (tertiary/aromatic N) is 1. The molecule has 0 bridgehead atoms. The molecule has 128 valence electrons. The van der Waals surface area contributed by atoms with E-state index in [0.717, 1.165) is 11.3 Å². The summed E-state index contributed by atoms with van der Waals surface area (Å²) in [6.07, 6.45) is 2.18. The normalized spacial score (nSPS) is 10.5. The number of benzene rings is 2. The predicted molar refractivity (Wildman–Crippen MR) is 91.8 cm³/mol. The van der Waals surface area contributed by atoms with Crippen LogP contribution < -0.4 is 10.1 Å². The van der Waals surface area contributed by atoms with Crippen molar-refractivity contribution in [1.29, 1.82) is 0 Å². The van der Waals surface area contributed by atoms with E-state index in [9.17, 15) is 9.18 Å². The Morgan fingerprint density at radius 2 is 2.04 bits per heavy atom. The highest BCUT2D eigenvalue weighted by molar-refractivity contribution is 5.90. The van der Waals surface area contributed by atoms with Crippen LogP contribution in [0.4, 0.5) is 10.1 Å². The van der Waals surface area contributed by atoms with Gasteiger partial charge in [0.15, 0.2) is 11.7 Å². The quantitative estimate of drug-likeness (QED) is 0.735. The van der Waals surface area contributed by atoms with Crippen LogP contribution in [0.15, 0.2) is 59.1 Å². The third kappa shape index (κ3) is 4.44. The zero-order valence-electron chi connectivity index (χ0n) is 13.7. The summed E-state index contributed by atoms with van der Waals surface area (Å²) >= 11 is 0. The van der Waals surface area contributed by atoms with Crippen LogP contribution in [0, 0.1) is 5.82 Å². The minimum atomic E-state index is -0.394. The molecule has 1 amide bonds. The number of aromatic nitrogens is 1. The van der Waals surface area contributed by atoms with Gasteiger partial charge in [-0.25, -0.2) is 9.37 Å². The van der Waals surface area contributed by atoms with Crippen molar-refractivity contribution in [2.75, 3.05) is 12.4 Å². The minimum Gasteiger partial charge on any atom is -0.497 e. The van der Waals surface area contributed by atoms with Crippen molar-refractivity contribution < 1.29 is 18.3 Å². The summed E-state index contributed by atoms with van der Waals surface area (Å²) in [5.74, 6) is 1.24. The highest BCUT2D eigenvalue weighted by Gasteiger charge is 2.10. The molecule has 0 aliphatic heterocycles. The van der Waals surface area contributed by atoms with E-state index in [2.05, 4.69) is 10.3 Å². The van der Waals surface area contributed by atoms with Crippen LogP contribution in [0.3, 0.4) is 0 Å². The number of hydrogen-bond acceptors (Lipinski definition) is 4. The molecule has 1 N–H and O–H groups in total. The first-order valence-electron chi connectivity index (χ1n) is 7.78. The second-order valence-corrected chi connectivity index (χ2v) is 5.41. The monoisotopic (exact) mass is 340 g/mol. The number of nitrogens with one attached hydrogen (secondary N) is 1. The number of rotatable bonds is 6. The number of amides is 1. The van der Waals surface area contributed by atoms with Gasteiger partial charge in [-0.3, -0.25) is 4.79 Å². The van der Waals surface area contributed by atoms with Gasteiger partial charge in [0, 0.05) is 24.1 Å². The number of carbonyl (C=O) groups is 1. The molecule has 0 saturated heterocycles. The van der Waals surface area contributed by atoms with E-state index in [0.29, 0.717) is 23.8 Å². The molecule has 1 heterocycles. The molecule has 6 heteroatoms. The zero-order valence-corrected chi connectivity index (χ0v) is 13.7. The number of ether oxygens (including phenoxy) is 1. The van der Waals surface area contributed by atoms with E-state index in [1.165, 1.54) is 12.1 Å². The molecule has 3 rings (SSSR count). The van der Waals surface area contributed by atoms with Crippen molar-refractivity contribution in [2.45, 2.75) is 12.8 Å². The zero-order chi connectivity index (χ0) is 17.6. The summed E-state index contributed by atoms with van der Waals surface area (Å²) in [6, 6.07) is 13.2. The second kappa shape index (κ2) is 7.61. The lowest BCUT2D eigenvalue weighted by atomic mass is 10.2. The molecule has 0 unspecified atom stereocenters. The number of anilines is 1. The first-order chi connectivity index (χ1) is 12.1. The first-order valence-corrected chi connectivity index (χ1v) is 7.78. The maximum atomic E-state index is 13.1. The highest BCUT2D eigenvalue weighted by atomic mass is 19.1. The Morgan fingerprint density at radius 3 is 2.76 bits per heavy atom. The largest absolute Gasteiger partial charge is 0.497 e. The first kappa shape index (κ1) is 16.7. The maximum Gasteiger partial charge on any atom is 0.224 e. The maximum absolute atomic E-state index is 13.1. The number of carbonyl (C=O) groups excluding carboxylic acids is 1. The molecule has 0 aliphatic carbocycles. The van der Waals surface area contributed by atoms with Gasteiger partial charge in [0.1, 0.15) is 11.6 Å². The van der Waals surface area contributed by atoms with E-state index < -0.39 is 5.82 Å². The van der Waals surface area contributed by atoms with Gasteiger partial charge in [-0.2, -0.15) is 0 Å². The molecule has 5 nitrogen and oxygen atoms in total. The van der Waals surface area contributed by atoms with Crippen LogP contribution in [-0.4, -0.2) is 18.0 Å². The summed E-state index contributed by atoms with van der Waals surface area (Å²) in [6.45, 7) is 0. The van der Waals surface area contributed by atoms with Crippen LogP contribution >= 0.6 is 0 Å². The summed E-state index contributed by atoms with van der Waals surface area (Å²) in [7, 11) is 1.61. The lowest BCUT2D eigenvalue weighted by Gasteiger charge is -2.04. The summed E-state index contributed by atoms with van der Waals surface area (Å²) in [5.41, 5.74) is 1.31. The predicted octanol–water partition coefficient (Wildman–Crippen LogP) is 4.06. The lowest BCUT2D eigenvalue weighted by molar-refractivity contribution is -0.116. The van der Waals surface area contributed by atoms with Gasteiger partial charge >= 0.3 is 0 Å². The van der Waals surface area contributed by atoms with Crippen LogP contribution in [-0.2, 0) is 11.2 Å². The number of halogens is 1. The fourth-order valence-electron chi connectivity index (χ4n) is 2.32. The standard InChI is InChI=1S/C19H17FN2O3/c1-24-16-7-5-13(6-8-16)17-12-21-19(25-17)10-9-18(23)22-15-4-2-3-14(20)11-15/h2-8,11-12H,9-10H2,1H3,(H,22,23). The van der Waals surface area contributed by atoms with E-state index in [4.69, 9.17) is 9.15 Å². The van der Waals surface area contributed by atoms with Gasteiger partial charge in [0.2, 0.25) is 5.91 Å². The number of methoxy groups -OCH3 is 1. The van der Waals surface area contributed by atoms with Crippen LogP contribution in [0.25, 0.3) is 11.3 Å². The van der Waals surface area contributed by atoms with Crippen molar-refractivity contribution >= 4 is 11.6 Å². The van der Waals surface area contributed by atoms with Gasteiger partial charge in [0.25, 0.3) is 0 Å². The Kier molecular flexibility index (Phi) is 5.09. The molecule has 1 aromatic heterocycles. The smallest absolute Gasteiger partial charge is 0.224 e.